The maximum absolute atomic E-state index is 10.8. The summed E-state index contributed by atoms with van der Waals surface area (Å²) >= 11 is 0. The van der Waals surface area contributed by atoms with Crippen LogP contribution in [0.3, 0.4) is 0 Å². The van der Waals surface area contributed by atoms with E-state index in [-0.39, 0.29) is 5.69 Å². The summed E-state index contributed by atoms with van der Waals surface area (Å²) in [6, 6.07) is 5.13. The number of nitro benzene ring substituents is 1. The first-order valence-corrected chi connectivity index (χ1v) is 4.63. The molecule has 0 aliphatic carbocycles. The summed E-state index contributed by atoms with van der Waals surface area (Å²) in [5, 5.41) is 19.4. The number of likely N-dealkylation sites (N-methyl/N-ethyl adjacent to an activating group) is 1. The van der Waals surface area contributed by atoms with E-state index >= 15 is 0 Å². The highest BCUT2D eigenvalue weighted by atomic mass is 16.6. The van der Waals surface area contributed by atoms with Crippen molar-refractivity contribution in [3.8, 4) is 0 Å². The molecular formula is C10H12N2O4. The zero-order valence-corrected chi connectivity index (χ0v) is 8.95. The van der Waals surface area contributed by atoms with Crippen LogP contribution in [0.5, 0.6) is 0 Å². The van der Waals surface area contributed by atoms with Crippen LogP contribution in [0.4, 0.5) is 11.4 Å². The van der Waals surface area contributed by atoms with Gasteiger partial charge in [0.25, 0.3) is 5.69 Å². The van der Waals surface area contributed by atoms with Gasteiger partial charge in [0, 0.05) is 24.9 Å². The van der Waals surface area contributed by atoms with Gasteiger partial charge in [-0.15, -0.1) is 0 Å². The number of rotatable bonds is 4. The molecule has 1 rings (SSSR count). The number of nitro groups is 1. The normalized spacial score (nSPS) is 11.9. The summed E-state index contributed by atoms with van der Waals surface area (Å²) in [5.74, 6) is -0.978. The molecule has 0 fully saturated rings. The molecular weight excluding hydrogens is 212 g/mol. The second-order valence-corrected chi connectivity index (χ2v) is 3.40. The Morgan fingerprint density at radius 3 is 2.69 bits per heavy atom. The molecule has 0 aliphatic rings. The summed E-state index contributed by atoms with van der Waals surface area (Å²) in [6.07, 6.45) is 0. The van der Waals surface area contributed by atoms with E-state index in [0.717, 1.165) is 0 Å². The second-order valence-electron chi connectivity index (χ2n) is 3.40. The van der Waals surface area contributed by atoms with Gasteiger partial charge in [-0.1, -0.05) is 6.07 Å². The third-order valence-corrected chi connectivity index (χ3v) is 2.39. The van der Waals surface area contributed by atoms with Gasteiger partial charge in [0.2, 0.25) is 0 Å². The van der Waals surface area contributed by atoms with E-state index in [0.29, 0.717) is 5.69 Å². The second kappa shape index (κ2) is 4.61. The number of hydrogen-bond donors (Lipinski definition) is 1. The first-order chi connectivity index (χ1) is 7.43. The number of anilines is 1. The lowest BCUT2D eigenvalue weighted by molar-refractivity contribution is -0.384. The summed E-state index contributed by atoms with van der Waals surface area (Å²) < 4.78 is 0. The minimum absolute atomic E-state index is 0.0538. The molecule has 1 aromatic rings. The standard InChI is InChI=1S/C10H12N2O4/c1-7(10(13)14)11(2)8-4-3-5-9(6-8)12(15)16/h3-7H,1-2H3,(H,13,14)/t7-/m0/s1. The monoisotopic (exact) mass is 224 g/mol. The molecule has 0 bridgehead atoms. The molecule has 0 radical (unpaired) electrons. The van der Waals surface area contributed by atoms with E-state index in [1.165, 1.54) is 30.0 Å². The molecule has 0 spiro atoms. The number of carbonyl (C=O) groups is 1. The van der Waals surface area contributed by atoms with Crippen molar-refractivity contribution in [1.82, 2.24) is 0 Å². The topological polar surface area (TPSA) is 83.7 Å². The zero-order valence-electron chi connectivity index (χ0n) is 8.95. The van der Waals surface area contributed by atoms with Crippen LogP contribution in [0.1, 0.15) is 6.92 Å². The maximum Gasteiger partial charge on any atom is 0.326 e. The molecule has 0 saturated carbocycles. The molecule has 1 atom stereocenters. The number of carboxylic acids is 1. The van der Waals surface area contributed by atoms with Crippen molar-refractivity contribution in [2.75, 3.05) is 11.9 Å². The molecule has 6 nitrogen and oxygen atoms in total. The SMILES string of the molecule is C[C@@H](C(=O)O)N(C)c1cccc([N+](=O)[O-])c1. The number of nitrogens with zero attached hydrogens (tertiary/aromatic N) is 2. The average molecular weight is 224 g/mol. The van der Waals surface area contributed by atoms with Crippen molar-refractivity contribution in [1.29, 1.82) is 0 Å². The minimum atomic E-state index is -0.978. The Labute approximate surface area is 92.3 Å². The number of carboxylic acid groups (broad SMARTS) is 1. The van der Waals surface area contributed by atoms with Crippen LogP contribution in [-0.4, -0.2) is 29.1 Å². The Bertz CT molecular complexity index is 419. The molecule has 1 aromatic carbocycles. The molecule has 0 amide bonds. The first kappa shape index (κ1) is 12.0. The summed E-state index contributed by atoms with van der Waals surface area (Å²) in [7, 11) is 1.58. The van der Waals surface area contributed by atoms with Crippen LogP contribution in [0.25, 0.3) is 0 Å². The number of benzene rings is 1. The molecule has 0 unspecified atom stereocenters. The fraction of sp³-hybridized carbons (Fsp3) is 0.300. The van der Waals surface area contributed by atoms with Gasteiger partial charge in [0.05, 0.1) is 4.92 Å². The van der Waals surface area contributed by atoms with Crippen molar-refractivity contribution < 1.29 is 14.8 Å². The van der Waals surface area contributed by atoms with E-state index in [1.54, 1.807) is 13.1 Å². The Morgan fingerprint density at radius 2 is 2.19 bits per heavy atom. The smallest absolute Gasteiger partial charge is 0.326 e. The van der Waals surface area contributed by atoms with Crippen LogP contribution >= 0.6 is 0 Å². The molecule has 0 aliphatic heterocycles. The van der Waals surface area contributed by atoms with Crippen molar-refractivity contribution in [3.05, 3.63) is 34.4 Å². The highest BCUT2D eigenvalue weighted by molar-refractivity contribution is 5.77. The van der Waals surface area contributed by atoms with Crippen molar-refractivity contribution >= 4 is 17.3 Å². The summed E-state index contributed by atoms with van der Waals surface area (Å²) in [5.41, 5.74) is 0.450. The molecule has 6 heteroatoms. The van der Waals surface area contributed by atoms with Gasteiger partial charge in [-0.05, 0) is 13.0 Å². The molecule has 1 N–H and O–H groups in total. The van der Waals surface area contributed by atoms with Gasteiger partial charge in [0.15, 0.2) is 0 Å². The van der Waals surface area contributed by atoms with E-state index in [1.807, 2.05) is 0 Å². The largest absolute Gasteiger partial charge is 0.480 e. The van der Waals surface area contributed by atoms with Gasteiger partial charge in [-0.2, -0.15) is 0 Å². The molecule has 0 saturated heterocycles. The average Bonchev–Trinajstić information content (AvgIpc) is 2.27. The molecule has 0 aromatic heterocycles. The number of hydrogen-bond acceptors (Lipinski definition) is 4. The van der Waals surface area contributed by atoms with E-state index in [2.05, 4.69) is 0 Å². The Hall–Kier alpha value is -2.11. The summed E-state index contributed by atoms with van der Waals surface area (Å²) in [6.45, 7) is 1.52. The lowest BCUT2D eigenvalue weighted by Gasteiger charge is -2.23. The Balaban J connectivity index is 3.00. The van der Waals surface area contributed by atoms with Crippen LogP contribution in [0.2, 0.25) is 0 Å². The zero-order chi connectivity index (χ0) is 12.3. The van der Waals surface area contributed by atoms with Crippen molar-refractivity contribution in [3.63, 3.8) is 0 Å². The Kier molecular flexibility index (Phi) is 3.44. The highest BCUT2D eigenvalue weighted by Crippen LogP contribution is 2.21. The van der Waals surface area contributed by atoms with Crippen molar-refractivity contribution in [2.24, 2.45) is 0 Å². The van der Waals surface area contributed by atoms with Gasteiger partial charge in [-0.3, -0.25) is 10.1 Å². The predicted molar refractivity (Wildman–Crippen MR) is 58.6 cm³/mol. The van der Waals surface area contributed by atoms with Gasteiger partial charge >= 0.3 is 5.97 Å². The first-order valence-electron chi connectivity index (χ1n) is 4.63. The third kappa shape index (κ3) is 2.47. The van der Waals surface area contributed by atoms with Gasteiger partial charge in [0.1, 0.15) is 6.04 Å². The van der Waals surface area contributed by atoms with Crippen LogP contribution in [-0.2, 0) is 4.79 Å². The van der Waals surface area contributed by atoms with E-state index in [9.17, 15) is 14.9 Å². The fourth-order valence-electron chi connectivity index (χ4n) is 1.22. The van der Waals surface area contributed by atoms with Crippen molar-refractivity contribution in [2.45, 2.75) is 13.0 Å². The molecule has 16 heavy (non-hydrogen) atoms. The van der Waals surface area contributed by atoms with Crippen LogP contribution in [0.15, 0.2) is 24.3 Å². The number of aliphatic carboxylic acids is 1. The predicted octanol–water partition coefficient (Wildman–Crippen LogP) is 1.50. The maximum atomic E-state index is 10.8. The molecule has 86 valence electrons. The van der Waals surface area contributed by atoms with Crippen LogP contribution < -0.4 is 4.90 Å². The minimum Gasteiger partial charge on any atom is -0.480 e. The van der Waals surface area contributed by atoms with Gasteiger partial charge < -0.3 is 10.0 Å². The van der Waals surface area contributed by atoms with Crippen LogP contribution in [0, 0.1) is 10.1 Å². The lowest BCUT2D eigenvalue weighted by atomic mass is 10.2. The number of non-ortho nitro benzene ring substituents is 1. The molecule has 0 heterocycles. The third-order valence-electron chi connectivity index (χ3n) is 2.39. The van der Waals surface area contributed by atoms with Gasteiger partial charge in [-0.25, -0.2) is 4.79 Å². The van der Waals surface area contributed by atoms with E-state index < -0.39 is 16.9 Å². The fourth-order valence-corrected chi connectivity index (χ4v) is 1.22. The highest BCUT2D eigenvalue weighted by Gasteiger charge is 2.18. The Morgan fingerprint density at radius 1 is 1.56 bits per heavy atom. The van der Waals surface area contributed by atoms with E-state index in [4.69, 9.17) is 5.11 Å². The quantitative estimate of drug-likeness (QED) is 0.619. The lowest BCUT2D eigenvalue weighted by Crippen LogP contribution is -2.35. The summed E-state index contributed by atoms with van der Waals surface area (Å²) in [4.78, 5) is 22.3.